The van der Waals surface area contributed by atoms with Gasteiger partial charge in [-0.15, -0.1) is 0 Å². The lowest BCUT2D eigenvalue weighted by atomic mass is 10.5. The summed E-state index contributed by atoms with van der Waals surface area (Å²) in [7, 11) is 3.42. The molecule has 0 unspecified atom stereocenters. The van der Waals surface area contributed by atoms with Gasteiger partial charge in [-0.05, 0) is 0 Å². The smallest absolute Gasteiger partial charge is 0.351 e. The molecule has 2 N–H and O–H groups in total. The monoisotopic (exact) mass is 179 g/mol. The number of nitrogens with zero attached hydrogens (tertiary/aromatic N) is 4. The van der Waals surface area contributed by atoms with Crippen molar-refractivity contribution in [2.45, 2.75) is 0 Å². The van der Waals surface area contributed by atoms with E-state index in [4.69, 9.17) is 5.73 Å². The van der Waals surface area contributed by atoms with E-state index in [1.54, 1.807) is 25.0 Å². The number of nitrogens with two attached hydrogens (primary N) is 1. The minimum atomic E-state index is -0.385. The van der Waals surface area contributed by atoms with E-state index in [2.05, 4.69) is 9.97 Å². The highest BCUT2D eigenvalue weighted by atomic mass is 16.1. The van der Waals surface area contributed by atoms with Crippen LogP contribution in [0, 0.1) is 0 Å². The molecule has 0 aromatic carbocycles. The number of imidazole rings is 1. The van der Waals surface area contributed by atoms with Gasteiger partial charge in [0.1, 0.15) is 5.52 Å². The van der Waals surface area contributed by atoms with Gasteiger partial charge in [0.25, 0.3) is 0 Å². The summed E-state index contributed by atoms with van der Waals surface area (Å²) in [5.74, 6) is 0.220. The zero-order valence-corrected chi connectivity index (χ0v) is 7.35. The first kappa shape index (κ1) is 7.78. The molecule has 0 aliphatic carbocycles. The number of aromatic nitrogens is 4. The maximum Gasteiger partial charge on any atom is 0.351 e. The molecule has 13 heavy (non-hydrogen) atoms. The van der Waals surface area contributed by atoms with E-state index in [9.17, 15) is 4.79 Å². The van der Waals surface area contributed by atoms with Crippen LogP contribution in [0.2, 0.25) is 0 Å². The highest BCUT2D eigenvalue weighted by Crippen LogP contribution is 2.13. The number of aryl methyl sites for hydroxylation is 2. The minimum absolute atomic E-state index is 0.220. The molecule has 0 fully saturated rings. The third-order valence-electron chi connectivity index (χ3n) is 1.98. The van der Waals surface area contributed by atoms with E-state index in [-0.39, 0.29) is 11.5 Å². The van der Waals surface area contributed by atoms with Crippen LogP contribution in [0.4, 0.5) is 5.82 Å². The van der Waals surface area contributed by atoms with Gasteiger partial charge in [-0.25, -0.2) is 9.78 Å². The molecular weight excluding hydrogens is 170 g/mol. The van der Waals surface area contributed by atoms with Gasteiger partial charge in [0.05, 0.1) is 6.33 Å². The highest BCUT2D eigenvalue weighted by Gasteiger charge is 2.09. The Morgan fingerprint density at radius 1 is 1.46 bits per heavy atom. The molecule has 0 saturated carbocycles. The Labute approximate surface area is 73.6 Å². The van der Waals surface area contributed by atoms with Gasteiger partial charge in [0.15, 0.2) is 11.5 Å². The fourth-order valence-electron chi connectivity index (χ4n) is 1.28. The summed E-state index contributed by atoms with van der Waals surface area (Å²) in [6, 6.07) is 0. The molecule has 0 bridgehead atoms. The third-order valence-corrected chi connectivity index (χ3v) is 1.98. The Bertz CT molecular complexity index is 523. The lowest BCUT2D eigenvalue weighted by molar-refractivity contribution is 0.843. The molecule has 0 spiro atoms. The molecule has 2 aromatic heterocycles. The van der Waals surface area contributed by atoms with Crippen molar-refractivity contribution in [3.63, 3.8) is 0 Å². The first-order chi connectivity index (χ1) is 6.11. The van der Waals surface area contributed by atoms with E-state index < -0.39 is 0 Å². The maximum absolute atomic E-state index is 11.2. The van der Waals surface area contributed by atoms with E-state index in [0.717, 1.165) is 0 Å². The second-order valence-electron chi connectivity index (χ2n) is 2.87. The molecule has 6 nitrogen and oxygen atoms in total. The van der Waals surface area contributed by atoms with Crippen LogP contribution in [0.5, 0.6) is 0 Å². The molecule has 68 valence electrons. The van der Waals surface area contributed by atoms with Crippen LogP contribution >= 0.6 is 0 Å². The van der Waals surface area contributed by atoms with Crippen LogP contribution in [-0.2, 0) is 14.1 Å². The highest BCUT2D eigenvalue weighted by molar-refractivity contribution is 5.81. The van der Waals surface area contributed by atoms with Gasteiger partial charge in [-0.3, -0.25) is 4.57 Å². The van der Waals surface area contributed by atoms with Gasteiger partial charge in [-0.2, -0.15) is 4.98 Å². The Kier molecular flexibility index (Phi) is 1.39. The molecule has 0 saturated heterocycles. The molecule has 2 rings (SSSR count). The van der Waals surface area contributed by atoms with E-state index in [1.807, 2.05) is 0 Å². The minimum Gasteiger partial charge on any atom is -0.382 e. The molecule has 0 aliphatic heterocycles. The van der Waals surface area contributed by atoms with Crippen LogP contribution in [0.1, 0.15) is 0 Å². The lowest BCUT2D eigenvalue weighted by Crippen LogP contribution is -2.22. The molecule has 0 atom stereocenters. The summed E-state index contributed by atoms with van der Waals surface area (Å²) in [6.45, 7) is 0. The molecule has 2 aromatic rings. The SMILES string of the molecule is Cn1cnc2c1c(N)nc(=O)n2C. The number of anilines is 1. The van der Waals surface area contributed by atoms with Crippen molar-refractivity contribution >= 4 is 17.0 Å². The standard InChI is InChI=1S/C7H9N5O/c1-11-3-9-6-4(11)5(8)10-7(13)12(6)2/h3H,1-2H3,(H2,8,10,13). The van der Waals surface area contributed by atoms with E-state index >= 15 is 0 Å². The second kappa shape index (κ2) is 2.32. The quantitative estimate of drug-likeness (QED) is 0.577. The Morgan fingerprint density at radius 3 is 2.85 bits per heavy atom. The average molecular weight is 179 g/mol. The lowest BCUT2D eigenvalue weighted by Gasteiger charge is -2.01. The summed E-state index contributed by atoms with van der Waals surface area (Å²) < 4.78 is 3.10. The van der Waals surface area contributed by atoms with Crippen molar-refractivity contribution in [1.29, 1.82) is 0 Å². The van der Waals surface area contributed by atoms with E-state index in [1.165, 1.54) is 4.57 Å². The fourth-order valence-corrected chi connectivity index (χ4v) is 1.28. The molecule has 2 heterocycles. The third kappa shape index (κ3) is 0.915. The first-order valence-corrected chi connectivity index (χ1v) is 3.75. The Morgan fingerprint density at radius 2 is 2.15 bits per heavy atom. The zero-order valence-electron chi connectivity index (χ0n) is 7.35. The van der Waals surface area contributed by atoms with Gasteiger partial charge in [0.2, 0.25) is 0 Å². The number of hydrogen-bond donors (Lipinski definition) is 1. The van der Waals surface area contributed by atoms with Crippen molar-refractivity contribution in [2.75, 3.05) is 5.73 Å². The van der Waals surface area contributed by atoms with Crippen LogP contribution in [0.25, 0.3) is 11.2 Å². The van der Waals surface area contributed by atoms with Crippen molar-refractivity contribution < 1.29 is 0 Å². The van der Waals surface area contributed by atoms with Crippen LogP contribution < -0.4 is 11.4 Å². The Balaban J connectivity index is 3.08. The maximum atomic E-state index is 11.2. The molecule has 0 radical (unpaired) electrons. The number of nitrogen functional groups attached to an aromatic ring is 1. The first-order valence-electron chi connectivity index (χ1n) is 3.75. The summed E-state index contributed by atoms with van der Waals surface area (Å²) in [5, 5.41) is 0. The predicted octanol–water partition coefficient (Wildman–Crippen LogP) is -0.751. The summed E-state index contributed by atoms with van der Waals surface area (Å²) >= 11 is 0. The van der Waals surface area contributed by atoms with Crippen LogP contribution in [0.15, 0.2) is 11.1 Å². The van der Waals surface area contributed by atoms with Crippen LogP contribution in [0.3, 0.4) is 0 Å². The van der Waals surface area contributed by atoms with Crippen molar-refractivity contribution in [1.82, 2.24) is 19.1 Å². The second-order valence-corrected chi connectivity index (χ2v) is 2.87. The van der Waals surface area contributed by atoms with Gasteiger partial charge < -0.3 is 10.3 Å². The molecular formula is C7H9N5O. The summed E-state index contributed by atoms with van der Waals surface area (Å²) in [5.41, 5.74) is 6.44. The largest absolute Gasteiger partial charge is 0.382 e. The van der Waals surface area contributed by atoms with Crippen LogP contribution in [-0.4, -0.2) is 19.1 Å². The number of fused-ring (bicyclic) bond motifs is 1. The number of hydrogen-bond acceptors (Lipinski definition) is 4. The predicted molar refractivity (Wildman–Crippen MR) is 48.2 cm³/mol. The molecule has 6 heteroatoms. The zero-order chi connectivity index (χ0) is 9.59. The van der Waals surface area contributed by atoms with Gasteiger partial charge in [0, 0.05) is 14.1 Å². The fraction of sp³-hybridized carbons (Fsp3) is 0.286. The number of rotatable bonds is 0. The topological polar surface area (TPSA) is 78.7 Å². The molecule has 0 aliphatic rings. The van der Waals surface area contributed by atoms with Gasteiger partial charge in [-0.1, -0.05) is 0 Å². The van der Waals surface area contributed by atoms with Gasteiger partial charge >= 0.3 is 5.69 Å². The molecule has 0 amide bonds. The van der Waals surface area contributed by atoms with Crippen molar-refractivity contribution in [3.05, 3.63) is 16.8 Å². The summed E-state index contributed by atoms with van der Waals surface area (Å²) in [6.07, 6.45) is 1.60. The Hall–Kier alpha value is -1.85. The van der Waals surface area contributed by atoms with Crippen molar-refractivity contribution in [2.24, 2.45) is 14.1 Å². The normalized spacial score (nSPS) is 10.9. The average Bonchev–Trinajstić information content (AvgIpc) is 2.44. The van der Waals surface area contributed by atoms with Crippen molar-refractivity contribution in [3.8, 4) is 0 Å². The summed E-state index contributed by atoms with van der Waals surface area (Å²) in [4.78, 5) is 18.9. The van der Waals surface area contributed by atoms with E-state index in [0.29, 0.717) is 11.2 Å².